The molecule has 0 radical (unpaired) electrons. The molecule has 1 aromatic heterocycles. The van der Waals surface area contributed by atoms with Gasteiger partial charge in [0.05, 0.1) is 21.9 Å². The standard InChI is InChI=1S/C19H23N5O3S2/c20-29(25,26)15-4-2-13(3-5-15)23-19-22-11-12-1-6-16(28)18(17(12)24-19)27-14-7-9-21-10-8-14/h1-6,11,14,16,18,21,28H,7-10H2,(H2,20,25,26)(H,22,23,24). The molecular weight excluding hydrogens is 410 g/mol. The molecule has 1 aliphatic carbocycles. The largest absolute Gasteiger partial charge is 0.367 e. The van der Waals surface area contributed by atoms with Gasteiger partial charge in [0.15, 0.2) is 0 Å². The Morgan fingerprint density at radius 1 is 1.21 bits per heavy atom. The number of fused-ring (bicyclic) bond motifs is 1. The van der Waals surface area contributed by atoms with Crippen LogP contribution in [0.2, 0.25) is 0 Å². The zero-order valence-corrected chi connectivity index (χ0v) is 17.4. The van der Waals surface area contributed by atoms with Crippen LogP contribution in [0, 0.1) is 0 Å². The topological polar surface area (TPSA) is 119 Å². The van der Waals surface area contributed by atoms with E-state index in [1.807, 2.05) is 12.2 Å². The Bertz CT molecular complexity index is 1010. The summed E-state index contributed by atoms with van der Waals surface area (Å²) >= 11 is 4.68. The Balaban J connectivity index is 1.55. The van der Waals surface area contributed by atoms with E-state index in [4.69, 9.17) is 9.88 Å². The highest BCUT2D eigenvalue weighted by Crippen LogP contribution is 2.35. The summed E-state index contributed by atoms with van der Waals surface area (Å²) in [5.74, 6) is 0.404. The minimum Gasteiger partial charge on any atom is -0.367 e. The van der Waals surface area contributed by atoms with Gasteiger partial charge in [-0.25, -0.2) is 23.5 Å². The van der Waals surface area contributed by atoms with Gasteiger partial charge in [-0.15, -0.1) is 0 Å². The summed E-state index contributed by atoms with van der Waals surface area (Å²) < 4.78 is 29.2. The van der Waals surface area contributed by atoms with Crippen molar-refractivity contribution >= 4 is 40.4 Å². The van der Waals surface area contributed by atoms with E-state index in [1.54, 1.807) is 18.3 Å². The van der Waals surface area contributed by atoms with Crippen LogP contribution in [-0.2, 0) is 14.8 Å². The Kier molecular flexibility index (Phi) is 5.88. The lowest BCUT2D eigenvalue weighted by molar-refractivity contribution is -0.0262. The number of rotatable bonds is 5. The molecule has 0 amide bonds. The summed E-state index contributed by atoms with van der Waals surface area (Å²) in [7, 11) is -3.73. The minimum atomic E-state index is -3.73. The molecule has 1 aliphatic heterocycles. The van der Waals surface area contributed by atoms with E-state index in [9.17, 15) is 8.42 Å². The number of aromatic nitrogens is 2. The molecule has 0 bridgehead atoms. The summed E-state index contributed by atoms with van der Waals surface area (Å²) in [5.41, 5.74) is 2.36. The van der Waals surface area contributed by atoms with E-state index in [-0.39, 0.29) is 22.4 Å². The maximum atomic E-state index is 11.4. The van der Waals surface area contributed by atoms with Gasteiger partial charge in [0, 0.05) is 17.4 Å². The van der Waals surface area contributed by atoms with E-state index < -0.39 is 10.0 Å². The monoisotopic (exact) mass is 433 g/mol. The number of hydrogen-bond acceptors (Lipinski definition) is 8. The van der Waals surface area contributed by atoms with Crippen LogP contribution in [0.4, 0.5) is 11.6 Å². The molecule has 154 valence electrons. The normalized spacial score (nSPS) is 22.3. The second-order valence-corrected chi connectivity index (χ2v) is 9.24. The van der Waals surface area contributed by atoms with Crippen molar-refractivity contribution in [3.8, 4) is 0 Å². The van der Waals surface area contributed by atoms with E-state index >= 15 is 0 Å². The Hall–Kier alpha value is -1.98. The molecule has 0 saturated carbocycles. The number of nitrogens with one attached hydrogen (secondary N) is 2. The summed E-state index contributed by atoms with van der Waals surface area (Å²) in [6.07, 6.45) is 7.55. The van der Waals surface area contributed by atoms with Crippen molar-refractivity contribution < 1.29 is 13.2 Å². The van der Waals surface area contributed by atoms with E-state index in [0.29, 0.717) is 11.6 Å². The van der Waals surface area contributed by atoms with Crippen molar-refractivity contribution in [3.63, 3.8) is 0 Å². The third-order valence-electron chi connectivity index (χ3n) is 4.96. The molecular formula is C19H23N5O3S2. The van der Waals surface area contributed by atoms with Gasteiger partial charge in [0.25, 0.3) is 0 Å². The molecule has 4 rings (SSSR count). The Morgan fingerprint density at radius 3 is 2.62 bits per heavy atom. The van der Waals surface area contributed by atoms with Crippen molar-refractivity contribution in [3.05, 3.63) is 47.8 Å². The first kappa shape index (κ1) is 20.3. The molecule has 4 N–H and O–H groups in total. The Labute approximate surface area is 175 Å². The quantitative estimate of drug-likeness (QED) is 0.533. The Morgan fingerprint density at radius 2 is 1.93 bits per heavy atom. The molecule has 2 aliphatic rings. The number of anilines is 2. The van der Waals surface area contributed by atoms with E-state index in [1.165, 1.54) is 12.1 Å². The maximum Gasteiger partial charge on any atom is 0.238 e. The predicted octanol–water partition coefficient (Wildman–Crippen LogP) is 2.00. The average Bonchev–Trinajstić information content (AvgIpc) is 2.71. The van der Waals surface area contributed by atoms with Crippen LogP contribution >= 0.6 is 12.6 Å². The number of sulfonamides is 1. The first-order valence-corrected chi connectivity index (χ1v) is 11.5. The fraction of sp³-hybridized carbons (Fsp3) is 0.368. The van der Waals surface area contributed by atoms with Crippen LogP contribution in [0.25, 0.3) is 6.08 Å². The fourth-order valence-corrected chi connectivity index (χ4v) is 4.24. The number of benzene rings is 1. The van der Waals surface area contributed by atoms with Crippen molar-refractivity contribution in [1.29, 1.82) is 0 Å². The van der Waals surface area contributed by atoms with Crippen LogP contribution in [0.1, 0.15) is 30.2 Å². The highest BCUT2D eigenvalue weighted by molar-refractivity contribution is 7.89. The smallest absolute Gasteiger partial charge is 0.238 e. The fourth-order valence-electron chi connectivity index (χ4n) is 3.43. The summed E-state index contributed by atoms with van der Waals surface area (Å²) in [6, 6.07) is 6.11. The number of ether oxygens (including phenoxy) is 1. The van der Waals surface area contributed by atoms with Crippen molar-refractivity contribution in [1.82, 2.24) is 15.3 Å². The first-order chi connectivity index (χ1) is 13.9. The SMILES string of the molecule is NS(=O)(=O)c1ccc(Nc2ncc3c(n2)C(OC2CCNCC2)C(S)C=C3)cc1. The van der Waals surface area contributed by atoms with Gasteiger partial charge in [-0.2, -0.15) is 12.6 Å². The molecule has 1 fully saturated rings. The molecule has 2 aromatic rings. The highest BCUT2D eigenvalue weighted by atomic mass is 32.2. The van der Waals surface area contributed by atoms with Gasteiger partial charge >= 0.3 is 0 Å². The van der Waals surface area contributed by atoms with Crippen LogP contribution in [0.15, 0.2) is 41.4 Å². The van der Waals surface area contributed by atoms with Crippen LogP contribution in [-0.4, -0.2) is 42.8 Å². The van der Waals surface area contributed by atoms with Gasteiger partial charge in [0.1, 0.15) is 6.10 Å². The molecule has 8 nitrogen and oxygen atoms in total. The molecule has 2 atom stereocenters. The predicted molar refractivity (Wildman–Crippen MR) is 115 cm³/mol. The molecule has 2 heterocycles. The molecule has 10 heteroatoms. The summed E-state index contributed by atoms with van der Waals surface area (Å²) in [6.45, 7) is 1.89. The zero-order chi connectivity index (χ0) is 20.4. The van der Waals surface area contributed by atoms with E-state index in [0.717, 1.165) is 37.2 Å². The zero-order valence-electron chi connectivity index (χ0n) is 15.7. The number of hydrogen-bond donors (Lipinski definition) is 4. The third-order valence-corrected chi connectivity index (χ3v) is 6.34. The van der Waals surface area contributed by atoms with Crippen molar-refractivity contribution in [2.45, 2.75) is 35.2 Å². The van der Waals surface area contributed by atoms with Gasteiger partial charge in [0.2, 0.25) is 16.0 Å². The average molecular weight is 434 g/mol. The lowest BCUT2D eigenvalue weighted by Crippen LogP contribution is -2.35. The van der Waals surface area contributed by atoms with Gasteiger partial charge in [-0.05, 0) is 50.2 Å². The molecule has 0 spiro atoms. The minimum absolute atomic E-state index is 0.0490. The number of thiol groups is 1. The van der Waals surface area contributed by atoms with Crippen molar-refractivity contribution in [2.24, 2.45) is 5.14 Å². The van der Waals surface area contributed by atoms with Crippen molar-refractivity contribution in [2.75, 3.05) is 18.4 Å². The number of nitrogens with zero attached hydrogens (tertiary/aromatic N) is 2. The second kappa shape index (κ2) is 8.41. The molecule has 1 aromatic carbocycles. The lowest BCUT2D eigenvalue weighted by atomic mass is 10.00. The molecule has 2 unspecified atom stereocenters. The van der Waals surface area contributed by atoms with E-state index in [2.05, 4.69) is 33.2 Å². The number of nitrogens with two attached hydrogens (primary N) is 1. The van der Waals surface area contributed by atoms with Crippen LogP contribution in [0.3, 0.4) is 0 Å². The lowest BCUT2D eigenvalue weighted by Gasteiger charge is -2.32. The first-order valence-electron chi connectivity index (χ1n) is 9.39. The molecule has 1 saturated heterocycles. The van der Waals surface area contributed by atoms with Gasteiger partial charge in [-0.3, -0.25) is 0 Å². The summed E-state index contributed by atoms with van der Waals surface area (Å²) in [5, 5.41) is 11.5. The second-order valence-electron chi connectivity index (χ2n) is 7.08. The maximum absolute atomic E-state index is 11.4. The highest BCUT2D eigenvalue weighted by Gasteiger charge is 2.30. The van der Waals surface area contributed by atoms with Gasteiger partial charge < -0.3 is 15.4 Å². The van der Waals surface area contributed by atoms with Crippen LogP contribution < -0.4 is 15.8 Å². The number of primary sulfonamides is 1. The van der Waals surface area contributed by atoms with Gasteiger partial charge in [-0.1, -0.05) is 12.2 Å². The van der Waals surface area contributed by atoms with Crippen LogP contribution in [0.5, 0.6) is 0 Å². The molecule has 29 heavy (non-hydrogen) atoms. The number of piperidine rings is 1. The summed E-state index contributed by atoms with van der Waals surface area (Å²) in [4.78, 5) is 9.08. The third kappa shape index (κ3) is 4.78.